The first-order valence-electron chi connectivity index (χ1n) is 16.9. The third-order valence-corrected chi connectivity index (χ3v) is 9.98. The van der Waals surface area contributed by atoms with Crippen LogP contribution in [0.5, 0.6) is 17.2 Å². The summed E-state index contributed by atoms with van der Waals surface area (Å²) in [5.41, 5.74) is 4.39. The van der Waals surface area contributed by atoms with Crippen molar-refractivity contribution in [1.82, 2.24) is 9.88 Å². The minimum atomic E-state index is -1.56. The van der Waals surface area contributed by atoms with Crippen molar-refractivity contribution in [3.63, 3.8) is 0 Å². The Kier molecular flexibility index (Phi) is 8.72. The fourth-order valence-electron chi connectivity index (χ4n) is 7.34. The van der Waals surface area contributed by atoms with E-state index in [4.69, 9.17) is 23.7 Å². The number of hydrogen-bond donors (Lipinski definition) is 4. The summed E-state index contributed by atoms with van der Waals surface area (Å²) >= 11 is 0. The van der Waals surface area contributed by atoms with Crippen LogP contribution in [0.2, 0.25) is 0 Å². The Morgan fingerprint density at radius 2 is 1.88 bits per heavy atom. The topological polar surface area (TPSA) is 160 Å². The van der Waals surface area contributed by atoms with E-state index < -0.39 is 36.5 Å². The molecule has 5 aromatic rings. The van der Waals surface area contributed by atoms with Gasteiger partial charge in [0.05, 0.1) is 37.8 Å². The number of phenols is 1. The van der Waals surface area contributed by atoms with Gasteiger partial charge >= 0.3 is 0 Å². The van der Waals surface area contributed by atoms with Gasteiger partial charge in [-0.05, 0) is 47.2 Å². The molecule has 1 saturated heterocycles. The van der Waals surface area contributed by atoms with Gasteiger partial charge in [0.15, 0.2) is 18.0 Å². The number of Topliss-reactive ketones (excluding diaryl/α,β-unsaturated/α-hetero) is 1. The lowest BCUT2D eigenvalue weighted by Crippen LogP contribution is -2.60. The molecule has 12 nitrogen and oxygen atoms in total. The molecular weight excluding hydrogens is 668 g/mol. The summed E-state index contributed by atoms with van der Waals surface area (Å²) in [6.45, 7) is 1.74. The van der Waals surface area contributed by atoms with E-state index in [0.717, 1.165) is 27.6 Å². The molecule has 0 spiro atoms. The van der Waals surface area contributed by atoms with Gasteiger partial charge < -0.3 is 48.9 Å². The SMILES string of the molecule is COc1cc2c3c(O)c(c(C)cc3c1)C(=O)CN1Cc3c(cccc3C1=O)CC#COC1C(O)C(COCc3c[nH]c4ccccc34)OC(O2)C1O. The fraction of sp³-hybridized carbons (Fsp3) is 0.300. The molecule has 266 valence electrons. The molecular formula is C40H36N2O10. The molecule has 4 N–H and O–H groups in total. The number of aromatic hydroxyl groups is 1. The molecule has 3 aliphatic rings. The number of carbonyl (C=O) groups excluding carboxylic acids is 2. The van der Waals surface area contributed by atoms with Gasteiger partial charge in [0.25, 0.3) is 5.91 Å². The number of nitrogens with one attached hydrogen (secondary N) is 1. The highest BCUT2D eigenvalue weighted by Gasteiger charge is 2.48. The number of H-pyrrole nitrogens is 1. The Labute approximate surface area is 298 Å². The van der Waals surface area contributed by atoms with Crippen LogP contribution in [0.4, 0.5) is 0 Å². The number of aromatic amines is 1. The van der Waals surface area contributed by atoms with Gasteiger partial charge in [0.1, 0.15) is 35.6 Å². The van der Waals surface area contributed by atoms with Crippen molar-refractivity contribution in [1.29, 1.82) is 0 Å². The number of amides is 1. The van der Waals surface area contributed by atoms with Gasteiger partial charge in [-0.2, -0.15) is 0 Å². The van der Waals surface area contributed by atoms with Gasteiger partial charge in [0.2, 0.25) is 6.29 Å². The second kappa shape index (κ2) is 13.5. The van der Waals surface area contributed by atoms with Crippen molar-refractivity contribution in [2.24, 2.45) is 0 Å². The Hall–Kier alpha value is -5.58. The Morgan fingerprint density at radius 1 is 1.04 bits per heavy atom. The minimum Gasteiger partial charge on any atom is -0.506 e. The summed E-state index contributed by atoms with van der Waals surface area (Å²) in [7, 11) is 1.47. The van der Waals surface area contributed by atoms with Gasteiger partial charge in [-0.1, -0.05) is 42.3 Å². The van der Waals surface area contributed by atoms with E-state index in [-0.39, 0.29) is 61.1 Å². The molecule has 52 heavy (non-hydrogen) atoms. The molecule has 6 bridgehead atoms. The van der Waals surface area contributed by atoms with E-state index in [9.17, 15) is 24.9 Å². The minimum absolute atomic E-state index is 0.0313. The fourth-order valence-corrected chi connectivity index (χ4v) is 7.34. The van der Waals surface area contributed by atoms with Crippen molar-refractivity contribution in [2.45, 2.75) is 57.2 Å². The zero-order valence-electron chi connectivity index (χ0n) is 28.4. The standard InChI is InChI=1S/C40H36N2O10/c1-21-13-23-14-25(48-2)15-31-34(23)36(45)33(21)30(43)18-42-17-28-22(7-5-10-27(28)39(42)47)8-6-12-50-38-35(44)32(52-40(51-31)37(38)46)20-49-19-24-16-41-29-11-4-3-9-26(24)29/h3-5,7,9-11,13-16,32,35,37-38,40-41,44-46H,8,17-20H2,1-2H3. The predicted molar refractivity (Wildman–Crippen MR) is 188 cm³/mol. The molecule has 1 aromatic heterocycles. The van der Waals surface area contributed by atoms with Crippen LogP contribution in [0, 0.1) is 19.0 Å². The summed E-state index contributed by atoms with van der Waals surface area (Å²) in [6.07, 6.45) is -2.01. The number of carbonyl (C=O) groups is 2. The van der Waals surface area contributed by atoms with E-state index in [0.29, 0.717) is 22.3 Å². The number of methoxy groups -OCH3 is 1. The highest BCUT2D eigenvalue weighted by Crippen LogP contribution is 2.42. The molecule has 0 radical (unpaired) electrons. The second-order valence-corrected chi connectivity index (χ2v) is 13.2. The molecule has 3 aliphatic heterocycles. The maximum absolute atomic E-state index is 13.9. The number of para-hydroxylation sites is 1. The van der Waals surface area contributed by atoms with E-state index in [1.54, 1.807) is 31.2 Å². The number of phenolic OH excluding ortho intramolecular Hbond substituents is 1. The lowest BCUT2D eigenvalue weighted by atomic mass is 9.96. The van der Waals surface area contributed by atoms with Crippen LogP contribution in [0.3, 0.4) is 0 Å². The number of fused-ring (bicyclic) bond motifs is 5. The van der Waals surface area contributed by atoms with Gasteiger partial charge in [-0.15, -0.1) is 0 Å². The quantitative estimate of drug-likeness (QED) is 0.196. The normalized spacial score (nSPS) is 22.8. The summed E-state index contributed by atoms with van der Waals surface area (Å²) in [5, 5.41) is 36.4. The first-order chi connectivity index (χ1) is 25.2. The average molecular weight is 705 g/mol. The number of benzene rings is 4. The summed E-state index contributed by atoms with van der Waals surface area (Å²) < 4.78 is 29.9. The molecule has 8 rings (SSSR count). The third-order valence-electron chi connectivity index (χ3n) is 9.98. The number of aromatic nitrogens is 1. The van der Waals surface area contributed by atoms with E-state index in [1.807, 2.05) is 36.5 Å². The summed E-state index contributed by atoms with van der Waals surface area (Å²) in [5.74, 6) is 2.25. The van der Waals surface area contributed by atoms with E-state index in [1.165, 1.54) is 18.1 Å². The van der Waals surface area contributed by atoms with Gasteiger partial charge in [-0.25, -0.2) is 0 Å². The molecule has 1 fully saturated rings. The molecule has 4 aromatic carbocycles. The zero-order valence-corrected chi connectivity index (χ0v) is 28.4. The lowest BCUT2D eigenvalue weighted by molar-refractivity contribution is -0.279. The van der Waals surface area contributed by atoms with Gasteiger partial charge in [-0.3, -0.25) is 9.59 Å². The lowest BCUT2D eigenvalue weighted by Gasteiger charge is -2.41. The van der Waals surface area contributed by atoms with Crippen molar-refractivity contribution in [2.75, 3.05) is 20.3 Å². The predicted octanol–water partition coefficient (Wildman–Crippen LogP) is 4.13. The zero-order chi connectivity index (χ0) is 36.1. The van der Waals surface area contributed by atoms with Crippen LogP contribution in [-0.2, 0) is 33.8 Å². The third kappa shape index (κ3) is 5.87. The van der Waals surface area contributed by atoms with Crippen LogP contribution in [0.1, 0.15) is 43.0 Å². The van der Waals surface area contributed by atoms with Crippen LogP contribution in [-0.4, -0.2) is 87.9 Å². The summed E-state index contributed by atoms with van der Waals surface area (Å²) in [6, 6.07) is 18.0. The van der Waals surface area contributed by atoms with Crippen LogP contribution < -0.4 is 9.47 Å². The van der Waals surface area contributed by atoms with Crippen molar-refractivity contribution in [3.05, 3.63) is 100 Å². The molecule has 5 atom stereocenters. The van der Waals surface area contributed by atoms with Gasteiger partial charge in [0, 0.05) is 47.3 Å². The van der Waals surface area contributed by atoms with Crippen molar-refractivity contribution >= 4 is 33.4 Å². The number of ketones is 1. The number of rotatable bonds is 5. The molecule has 12 heteroatoms. The molecule has 0 aliphatic carbocycles. The first-order valence-corrected chi connectivity index (χ1v) is 16.9. The van der Waals surface area contributed by atoms with Crippen molar-refractivity contribution in [3.8, 4) is 29.3 Å². The highest BCUT2D eigenvalue weighted by molar-refractivity contribution is 6.10. The smallest absolute Gasteiger partial charge is 0.254 e. The van der Waals surface area contributed by atoms with Crippen LogP contribution in [0.15, 0.2) is 66.9 Å². The Morgan fingerprint density at radius 3 is 2.73 bits per heavy atom. The monoisotopic (exact) mass is 704 g/mol. The molecule has 0 saturated carbocycles. The first kappa shape index (κ1) is 33.6. The number of aliphatic hydroxyl groups is 2. The second-order valence-electron chi connectivity index (χ2n) is 13.2. The van der Waals surface area contributed by atoms with Crippen LogP contribution >= 0.6 is 0 Å². The van der Waals surface area contributed by atoms with E-state index >= 15 is 0 Å². The molecule has 1 amide bonds. The Bertz CT molecular complexity index is 2290. The number of aryl methyl sites for hydroxylation is 1. The number of nitrogens with zero attached hydrogens (tertiary/aromatic N) is 1. The largest absolute Gasteiger partial charge is 0.506 e. The van der Waals surface area contributed by atoms with E-state index in [2.05, 4.69) is 17.0 Å². The number of aliphatic hydroxyl groups excluding tert-OH is 2. The maximum Gasteiger partial charge on any atom is 0.254 e. The van der Waals surface area contributed by atoms with Crippen LogP contribution in [0.25, 0.3) is 21.7 Å². The average Bonchev–Trinajstić information content (AvgIpc) is 3.69. The summed E-state index contributed by atoms with van der Waals surface area (Å²) in [4.78, 5) is 32.0. The molecule has 5 unspecified atom stereocenters. The van der Waals surface area contributed by atoms with Crippen molar-refractivity contribution < 1.29 is 48.6 Å². The Balaban J connectivity index is 1.18. The number of ether oxygens (including phenoxy) is 5. The number of hydrogen-bond acceptors (Lipinski definition) is 10. The molecule has 4 heterocycles. The highest BCUT2D eigenvalue weighted by atomic mass is 16.7. The maximum atomic E-state index is 13.9.